The van der Waals surface area contributed by atoms with Crippen LogP contribution in [0.3, 0.4) is 0 Å². The summed E-state index contributed by atoms with van der Waals surface area (Å²) >= 11 is 0. The van der Waals surface area contributed by atoms with Gasteiger partial charge in [-0.2, -0.15) is 5.26 Å². The maximum absolute atomic E-state index is 12.6. The molecule has 3 heterocycles. The van der Waals surface area contributed by atoms with Crippen LogP contribution in [0, 0.1) is 23.7 Å². The molecule has 0 N–H and O–H groups in total. The van der Waals surface area contributed by atoms with Gasteiger partial charge >= 0.3 is 0 Å². The summed E-state index contributed by atoms with van der Waals surface area (Å²) in [5.41, 5.74) is 3.84. The molecule has 6 nitrogen and oxygen atoms in total. The Labute approximate surface area is 172 Å². The van der Waals surface area contributed by atoms with E-state index in [1.807, 2.05) is 36.1 Å². The maximum atomic E-state index is 12.6. The molecular weight excluding hydrogens is 362 g/mol. The van der Waals surface area contributed by atoms with Gasteiger partial charge in [0.15, 0.2) is 0 Å². The molecule has 4 rings (SSSR count). The van der Waals surface area contributed by atoms with E-state index < -0.39 is 0 Å². The predicted octanol–water partition coefficient (Wildman–Crippen LogP) is 3.06. The molecule has 1 amide bonds. The number of nitriles is 1. The van der Waals surface area contributed by atoms with Crippen LogP contribution in [0.1, 0.15) is 48.2 Å². The second-order valence-electron chi connectivity index (χ2n) is 8.52. The van der Waals surface area contributed by atoms with Gasteiger partial charge in [0, 0.05) is 37.7 Å². The molecule has 0 aliphatic carbocycles. The number of aromatic nitrogens is 2. The van der Waals surface area contributed by atoms with Crippen LogP contribution in [0.4, 0.5) is 0 Å². The number of piperidine rings is 2. The molecule has 1 aromatic heterocycles. The lowest BCUT2D eigenvalue weighted by Gasteiger charge is -2.48. The fourth-order valence-electron chi connectivity index (χ4n) is 4.66. The summed E-state index contributed by atoms with van der Waals surface area (Å²) in [6.45, 7) is 6.25. The standard InChI is InChI=1S/C23H27N5O/c1-18-12-26-21(13-25-18)15-28-17-23(9-7-22(28)29)8-2-10-27(16-23)14-20-5-3-19(11-24)4-6-20/h3-6,12-13H,2,7-10,14-17H2,1H3. The van der Waals surface area contributed by atoms with E-state index in [4.69, 9.17) is 5.26 Å². The van der Waals surface area contributed by atoms with Crippen LogP contribution in [0.15, 0.2) is 36.7 Å². The van der Waals surface area contributed by atoms with Gasteiger partial charge in [-0.3, -0.25) is 19.7 Å². The third kappa shape index (κ3) is 4.63. The van der Waals surface area contributed by atoms with Gasteiger partial charge in [0.1, 0.15) is 0 Å². The van der Waals surface area contributed by atoms with E-state index in [1.54, 1.807) is 12.4 Å². The first-order valence-electron chi connectivity index (χ1n) is 10.3. The summed E-state index contributed by atoms with van der Waals surface area (Å²) in [6.07, 6.45) is 7.44. The largest absolute Gasteiger partial charge is 0.336 e. The normalized spacial score (nSPS) is 22.6. The van der Waals surface area contributed by atoms with Crippen molar-refractivity contribution in [2.45, 2.75) is 45.7 Å². The van der Waals surface area contributed by atoms with Gasteiger partial charge in [0.2, 0.25) is 5.91 Å². The molecule has 2 aliphatic rings. The highest BCUT2D eigenvalue weighted by molar-refractivity contribution is 5.77. The number of rotatable bonds is 4. The Morgan fingerprint density at radius 3 is 2.66 bits per heavy atom. The number of likely N-dealkylation sites (tertiary alicyclic amines) is 2. The minimum Gasteiger partial charge on any atom is -0.336 e. The molecule has 6 heteroatoms. The van der Waals surface area contributed by atoms with Crippen LogP contribution >= 0.6 is 0 Å². The Bertz CT molecular complexity index is 902. The number of benzene rings is 1. The molecule has 2 fully saturated rings. The van der Waals surface area contributed by atoms with Crippen LogP contribution in [-0.2, 0) is 17.9 Å². The van der Waals surface area contributed by atoms with Gasteiger partial charge in [0.05, 0.1) is 35.8 Å². The van der Waals surface area contributed by atoms with Crippen LogP contribution in [0.5, 0.6) is 0 Å². The van der Waals surface area contributed by atoms with Crippen LogP contribution in [-0.4, -0.2) is 45.3 Å². The number of hydrogen-bond donors (Lipinski definition) is 0. The topological polar surface area (TPSA) is 73.1 Å². The lowest BCUT2D eigenvalue weighted by Crippen LogP contribution is -2.53. The SMILES string of the molecule is Cc1cnc(CN2CC3(CCCN(Cc4ccc(C#N)cc4)C3)CCC2=O)cn1. The molecular formula is C23H27N5O. The molecule has 1 spiro atoms. The summed E-state index contributed by atoms with van der Waals surface area (Å²) in [6, 6.07) is 10.0. The Kier molecular flexibility index (Phi) is 5.59. The molecule has 2 aliphatic heterocycles. The van der Waals surface area contributed by atoms with Crippen molar-refractivity contribution < 1.29 is 4.79 Å². The minimum absolute atomic E-state index is 0.164. The van der Waals surface area contributed by atoms with E-state index in [2.05, 4.69) is 20.9 Å². The molecule has 29 heavy (non-hydrogen) atoms. The third-order valence-electron chi connectivity index (χ3n) is 6.17. The van der Waals surface area contributed by atoms with Crippen LogP contribution in [0.25, 0.3) is 0 Å². The van der Waals surface area contributed by atoms with Crippen molar-refractivity contribution in [3.8, 4) is 6.07 Å². The minimum atomic E-state index is 0.164. The van der Waals surface area contributed by atoms with Crippen LogP contribution < -0.4 is 0 Å². The molecule has 1 aromatic carbocycles. The van der Waals surface area contributed by atoms with E-state index >= 15 is 0 Å². The highest BCUT2D eigenvalue weighted by Crippen LogP contribution is 2.39. The van der Waals surface area contributed by atoms with Crippen molar-refractivity contribution in [2.24, 2.45) is 5.41 Å². The average molecular weight is 390 g/mol. The second kappa shape index (κ2) is 8.30. The summed E-state index contributed by atoms with van der Waals surface area (Å²) in [7, 11) is 0. The average Bonchev–Trinajstić information content (AvgIpc) is 2.73. The Balaban J connectivity index is 1.42. The molecule has 0 radical (unpaired) electrons. The molecule has 1 unspecified atom stereocenters. The summed E-state index contributed by atoms with van der Waals surface area (Å²) in [5.74, 6) is 0.224. The quantitative estimate of drug-likeness (QED) is 0.804. The predicted molar refractivity (Wildman–Crippen MR) is 110 cm³/mol. The van der Waals surface area contributed by atoms with Crippen molar-refractivity contribution in [3.63, 3.8) is 0 Å². The zero-order valence-corrected chi connectivity index (χ0v) is 17.0. The highest BCUT2D eigenvalue weighted by atomic mass is 16.2. The van der Waals surface area contributed by atoms with Crippen molar-refractivity contribution in [1.29, 1.82) is 5.26 Å². The Hall–Kier alpha value is -2.78. The van der Waals surface area contributed by atoms with Crippen molar-refractivity contribution in [2.75, 3.05) is 19.6 Å². The van der Waals surface area contributed by atoms with Gasteiger partial charge in [-0.25, -0.2) is 0 Å². The number of amides is 1. The molecule has 150 valence electrons. The zero-order chi connectivity index (χ0) is 20.3. The second-order valence-corrected chi connectivity index (χ2v) is 8.52. The molecule has 1 atom stereocenters. The van der Waals surface area contributed by atoms with E-state index in [1.165, 1.54) is 12.0 Å². The van der Waals surface area contributed by atoms with Crippen LogP contribution in [0.2, 0.25) is 0 Å². The van der Waals surface area contributed by atoms with Gasteiger partial charge in [-0.05, 0) is 50.4 Å². The number of hydrogen-bond acceptors (Lipinski definition) is 5. The van der Waals surface area contributed by atoms with E-state index in [-0.39, 0.29) is 11.3 Å². The fourth-order valence-corrected chi connectivity index (χ4v) is 4.66. The van der Waals surface area contributed by atoms with Crippen molar-refractivity contribution in [3.05, 3.63) is 59.2 Å². The van der Waals surface area contributed by atoms with Gasteiger partial charge < -0.3 is 4.90 Å². The highest BCUT2D eigenvalue weighted by Gasteiger charge is 2.41. The number of carbonyl (C=O) groups excluding carboxylic acids is 1. The molecule has 0 saturated carbocycles. The smallest absolute Gasteiger partial charge is 0.222 e. The summed E-state index contributed by atoms with van der Waals surface area (Å²) in [4.78, 5) is 25.8. The van der Waals surface area contributed by atoms with Crippen molar-refractivity contribution in [1.82, 2.24) is 19.8 Å². The van der Waals surface area contributed by atoms with Gasteiger partial charge in [0.25, 0.3) is 0 Å². The molecule has 0 bridgehead atoms. The lowest BCUT2D eigenvalue weighted by atomic mass is 9.73. The molecule has 2 aromatic rings. The number of aryl methyl sites for hydroxylation is 1. The monoisotopic (exact) mass is 389 g/mol. The van der Waals surface area contributed by atoms with Gasteiger partial charge in [-0.1, -0.05) is 12.1 Å². The lowest BCUT2D eigenvalue weighted by molar-refractivity contribution is -0.140. The van der Waals surface area contributed by atoms with Crippen molar-refractivity contribution >= 4 is 5.91 Å². The summed E-state index contributed by atoms with van der Waals surface area (Å²) in [5, 5.41) is 8.98. The third-order valence-corrected chi connectivity index (χ3v) is 6.17. The summed E-state index contributed by atoms with van der Waals surface area (Å²) < 4.78 is 0. The van der Waals surface area contributed by atoms with E-state index in [0.717, 1.165) is 50.4 Å². The fraction of sp³-hybridized carbons (Fsp3) is 0.478. The first kappa shape index (κ1) is 19.5. The Morgan fingerprint density at radius 1 is 1.10 bits per heavy atom. The molecule has 2 saturated heterocycles. The Morgan fingerprint density at radius 2 is 1.93 bits per heavy atom. The first-order valence-corrected chi connectivity index (χ1v) is 10.3. The maximum Gasteiger partial charge on any atom is 0.222 e. The number of carbonyl (C=O) groups is 1. The first-order chi connectivity index (χ1) is 14.0. The van der Waals surface area contributed by atoms with E-state index in [0.29, 0.717) is 18.5 Å². The zero-order valence-electron chi connectivity index (χ0n) is 17.0. The van der Waals surface area contributed by atoms with Gasteiger partial charge in [-0.15, -0.1) is 0 Å². The van der Waals surface area contributed by atoms with E-state index in [9.17, 15) is 4.79 Å². The number of nitrogens with zero attached hydrogens (tertiary/aromatic N) is 5.